The Balaban J connectivity index is 1.08. The summed E-state index contributed by atoms with van der Waals surface area (Å²) in [5.74, 6) is 2.84. The lowest BCUT2D eigenvalue weighted by molar-refractivity contribution is 0.171. The molecule has 4 aromatic heterocycles. The van der Waals surface area contributed by atoms with Gasteiger partial charge in [-0.2, -0.15) is 14.9 Å². The fourth-order valence-corrected chi connectivity index (χ4v) is 7.32. The molecule has 51 heavy (non-hydrogen) atoms. The Morgan fingerprint density at radius 3 is 2.47 bits per heavy atom. The lowest BCUT2D eigenvalue weighted by atomic mass is 9.85. The van der Waals surface area contributed by atoms with Crippen LogP contribution in [0, 0.1) is 0 Å². The number of rotatable bonds is 9. The molecular formula is C38H51N11O2. The average Bonchev–Trinajstić information content (AvgIpc) is 3.84. The molecule has 0 spiro atoms. The number of aromatic nitrogens is 7. The molecule has 0 radical (unpaired) electrons. The highest BCUT2D eigenvalue weighted by molar-refractivity contribution is 5.89. The van der Waals surface area contributed by atoms with E-state index in [4.69, 9.17) is 14.9 Å². The minimum atomic E-state index is -0.297. The number of urea groups is 1. The number of pyridine rings is 1. The SMILES string of the molecule is CC1CCCC(C)N1c1nnc2ccc(OC3CCC(NC(=O)Nc4cc(C(C)(C)C)nn4-c4ccn(CCN(C)C)n4)c4ccccc43)cn12. The predicted octanol–water partition coefficient (Wildman–Crippen LogP) is 6.51. The summed E-state index contributed by atoms with van der Waals surface area (Å²) in [7, 11) is 4.08. The standard InChI is InChI=1S/C38H51N11O2/c1-25-11-10-12-26(2)48(25)37-42-41-33-18-15-27(24-47(33)37)51-31-17-16-30(28-13-8-9-14-29(28)31)39-36(50)40-35-23-32(38(3,4)5)43-49(35)34-19-20-46(44-34)22-21-45(6)7/h8-9,13-15,18-20,23-26,30-31H,10-12,16-17,21-22H2,1-7H3,(H2,39,40,50). The summed E-state index contributed by atoms with van der Waals surface area (Å²) in [6, 6.07) is 16.3. The van der Waals surface area contributed by atoms with Gasteiger partial charge in [0, 0.05) is 42.4 Å². The van der Waals surface area contributed by atoms with Crippen molar-refractivity contribution < 1.29 is 9.53 Å². The molecule has 1 saturated heterocycles. The van der Waals surface area contributed by atoms with E-state index in [-0.39, 0.29) is 23.6 Å². The van der Waals surface area contributed by atoms with E-state index in [1.165, 1.54) is 6.42 Å². The Kier molecular flexibility index (Phi) is 9.49. The van der Waals surface area contributed by atoms with E-state index in [2.05, 4.69) is 81.8 Å². The van der Waals surface area contributed by atoms with Crippen molar-refractivity contribution in [2.75, 3.05) is 30.9 Å². The highest BCUT2D eigenvalue weighted by Crippen LogP contribution is 2.39. The molecule has 13 heteroatoms. The van der Waals surface area contributed by atoms with E-state index in [0.29, 0.717) is 23.7 Å². The number of hydrogen-bond acceptors (Lipinski definition) is 8. The molecule has 270 valence electrons. The summed E-state index contributed by atoms with van der Waals surface area (Å²) < 4.78 is 12.4. The van der Waals surface area contributed by atoms with E-state index in [0.717, 1.165) is 72.9 Å². The van der Waals surface area contributed by atoms with Gasteiger partial charge in [-0.15, -0.1) is 10.2 Å². The van der Waals surface area contributed by atoms with Crippen molar-refractivity contribution in [2.45, 2.75) is 103 Å². The van der Waals surface area contributed by atoms with Gasteiger partial charge in [-0.1, -0.05) is 45.0 Å². The molecule has 4 atom stereocenters. The lowest BCUT2D eigenvalue weighted by Gasteiger charge is -2.39. The molecule has 0 bridgehead atoms. The van der Waals surface area contributed by atoms with Crippen molar-refractivity contribution >= 4 is 23.4 Å². The maximum absolute atomic E-state index is 13.7. The summed E-state index contributed by atoms with van der Waals surface area (Å²) >= 11 is 0. The van der Waals surface area contributed by atoms with Gasteiger partial charge in [0.25, 0.3) is 0 Å². The maximum Gasteiger partial charge on any atom is 0.320 e. The second kappa shape index (κ2) is 14.0. The van der Waals surface area contributed by atoms with Crippen LogP contribution in [0.2, 0.25) is 0 Å². The molecule has 1 fully saturated rings. The van der Waals surface area contributed by atoms with Crippen LogP contribution in [0.15, 0.2) is 60.9 Å². The lowest BCUT2D eigenvalue weighted by Crippen LogP contribution is -2.44. The van der Waals surface area contributed by atoms with Gasteiger partial charge in [0.05, 0.1) is 24.5 Å². The van der Waals surface area contributed by atoms with Crippen LogP contribution in [-0.4, -0.2) is 77.8 Å². The summed E-state index contributed by atoms with van der Waals surface area (Å²) in [5.41, 5.74) is 3.57. The molecule has 1 aliphatic carbocycles. The smallest absolute Gasteiger partial charge is 0.320 e. The van der Waals surface area contributed by atoms with E-state index >= 15 is 0 Å². The number of amides is 2. The maximum atomic E-state index is 13.7. The van der Waals surface area contributed by atoms with E-state index < -0.39 is 0 Å². The number of carbonyl (C=O) groups is 1. The first-order chi connectivity index (χ1) is 24.4. The number of piperidine rings is 1. The minimum absolute atomic E-state index is 0.161. The molecule has 2 aliphatic rings. The quantitative estimate of drug-likeness (QED) is 0.179. The molecule has 2 amide bonds. The Morgan fingerprint density at radius 2 is 1.73 bits per heavy atom. The van der Waals surface area contributed by atoms with Crippen LogP contribution in [0.4, 0.5) is 16.6 Å². The number of carbonyl (C=O) groups excluding carboxylic acids is 1. The first-order valence-corrected chi connectivity index (χ1v) is 18.2. The van der Waals surface area contributed by atoms with Crippen LogP contribution in [-0.2, 0) is 12.0 Å². The number of likely N-dealkylation sites (N-methyl/N-ethyl adjacent to an activating group) is 1. The van der Waals surface area contributed by atoms with Crippen molar-refractivity contribution in [3.63, 3.8) is 0 Å². The first kappa shape index (κ1) is 34.5. The number of hydrogen-bond donors (Lipinski definition) is 2. The molecule has 5 heterocycles. The van der Waals surface area contributed by atoms with Gasteiger partial charge in [-0.25, -0.2) is 4.79 Å². The second-order valence-corrected chi connectivity index (χ2v) is 15.4. The van der Waals surface area contributed by atoms with Crippen molar-refractivity contribution in [3.8, 4) is 11.6 Å². The third-order valence-corrected chi connectivity index (χ3v) is 10.1. The highest BCUT2D eigenvalue weighted by atomic mass is 16.5. The van der Waals surface area contributed by atoms with E-state index in [9.17, 15) is 4.79 Å². The Labute approximate surface area is 300 Å². The molecule has 7 rings (SSSR count). The third-order valence-electron chi connectivity index (χ3n) is 10.1. The highest BCUT2D eigenvalue weighted by Gasteiger charge is 2.32. The number of nitrogens with one attached hydrogen (secondary N) is 2. The zero-order chi connectivity index (χ0) is 35.9. The topological polar surface area (TPSA) is 123 Å². The molecule has 1 aromatic carbocycles. The van der Waals surface area contributed by atoms with Gasteiger partial charge in [0.2, 0.25) is 5.95 Å². The minimum Gasteiger partial charge on any atom is -0.484 e. The zero-order valence-electron chi connectivity index (χ0n) is 30.9. The van der Waals surface area contributed by atoms with Crippen molar-refractivity contribution in [1.82, 2.24) is 44.4 Å². The average molecular weight is 694 g/mol. The second-order valence-electron chi connectivity index (χ2n) is 15.4. The van der Waals surface area contributed by atoms with Gasteiger partial charge in [0.15, 0.2) is 11.5 Å². The summed E-state index contributed by atoms with van der Waals surface area (Å²) in [6.07, 6.45) is 8.78. The van der Waals surface area contributed by atoms with Crippen LogP contribution >= 0.6 is 0 Å². The van der Waals surface area contributed by atoms with Crippen molar-refractivity contribution in [1.29, 1.82) is 0 Å². The summed E-state index contributed by atoms with van der Waals surface area (Å²) in [4.78, 5) is 18.2. The van der Waals surface area contributed by atoms with Crippen LogP contribution in [0.3, 0.4) is 0 Å². The first-order valence-electron chi connectivity index (χ1n) is 18.2. The monoisotopic (exact) mass is 693 g/mol. The molecule has 1 aliphatic heterocycles. The summed E-state index contributed by atoms with van der Waals surface area (Å²) in [5, 5.41) is 25.0. The molecule has 5 aromatic rings. The fraction of sp³-hybridized carbons (Fsp3) is 0.500. The molecular weight excluding hydrogens is 642 g/mol. The van der Waals surface area contributed by atoms with Crippen LogP contribution in [0.1, 0.15) is 95.7 Å². The van der Waals surface area contributed by atoms with Gasteiger partial charge >= 0.3 is 6.03 Å². The largest absolute Gasteiger partial charge is 0.484 e. The van der Waals surface area contributed by atoms with Crippen LogP contribution in [0.25, 0.3) is 11.5 Å². The van der Waals surface area contributed by atoms with E-state index in [1.807, 2.05) is 67.6 Å². The summed E-state index contributed by atoms with van der Waals surface area (Å²) in [6.45, 7) is 12.5. The third kappa shape index (κ3) is 7.30. The molecule has 4 unspecified atom stereocenters. The Morgan fingerprint density at radius 1 is 0.961 bits per heavy atom. The molecule has 0 saturated carbocycles. The van der Waals surface area contributed by atoms with Gasteiger partial charge in [-0.05, 0) is 83.3 Å². The number of ether oxygens (including phenoxy) is 1. The van der Waals surface area contributed by atoms with Gasteiger partial charge in [-0.3, -0.25) is 14.4 Å². The normalized spacial score (nSPS) is 20.8. The molecule has 13 nitrogen and oxygen atoms in total. The number of anilines is 2. The number of nitrogens with zero attached hydrogens (tertiary/aromatic N) is 9. The predicted molar refractivity (Wildman–Crippen MR) is 199 cm³/mol. The molecule has 2 N–H and O–H groups in total. The zero-order valence-corrected chi connectivity index (χ0v) is 30.9. The van der Waals surface area contributed by atoms with E-state index in [1.54, 1.807) is 4.68 Å². The van der Waals surface area contributed by atoms with Crippen LogP contribution < -0.4 is 20.3 Å². The van der Waals surface area contributed by atoms with Gasteiger partial charge in [0.1, 0.15) is 17.7 Å². The van der Waals surface area contributed by atoms with Crippen molar-refractivity contribution in [3.05, 3.63) is 77.7 Å². The van der Waals surface area contributed by atoms with Gasteiger partial charge < -0.3 is 19.9 Å². The van der Waals surface area contributed by atoms with Crippen molar-refractivity contribution in [2.24, 2.45) is 0 Å². The van der Waals surface area contributed by atoms with Crippen LogP contribution in [0.5, 0.6) is 5.75 Å². The number of fused-ring (bicyclic) bond motifs is 2. The fourth-order valence-electron chi connectivity index (χ4n) is 7.32. The number of benzene rings is 1. The Hall–Kier alpha value is -4.91. The Bertz CT molecular complexity index is 1980.